The number of benzene rings is 1. The van der Waals surface area contributed by atoms with Gasteiger partial charge >= 0.3 is 5.97 Å². The number of hydrogen-bond donors (Lipinski definition) is 8. The minimum Gasteiger partial charge on any atom is -0.480 e. The molecule has 14 nitrogen and oxygen atoms in total. The molecule has 0 saturated heterocycles. The number of nitrogens with two attached hydrogens (primary N) is 1. The fraction of sp³-hybridized carbons (Fsp3) is 0.308. The lowest BCUT2D eigenvalue weighted by atomic mass is 10.0. The number of nitrogens with one attached hydrogen (secondary N) is 6. The van der Waals surface area contributed by atoms with Gasteiger partial charge in [-0.2, -0.15) is 0 Å². The van der Waals surface area contributed by atoms with E-state index < -0.39 is 47.9 Å². The van der Waals surface area contributed by atoms with Gasteiger partial charge < -0.3 is 41.7 Å². The molecule has 1 aromatic carbocycles. The number of hydrogen-bond acceptors (Lipinski definition) is 7. The molecule has 4 aromatic rings. The second-order valence-corrected chi connectivity index (χ2v) is 9.42. The molecule has 0 radical (unpaired) electrons. The van der Waals surface area contributed by atoms with Crippen molar-refractivity contribution in [1.29, 1.82) is 0 Å². The zero-order chi connectivity index (χ0) is 28.6. The Labute approximate surface area is 228 Å². The minimum absolute atomic E-state index is 0.0109. The SMILES string of the molecule is CC(NC(=O)C(Cc1cnc[nH]1)NC(=O)C(Cc1c[nH]c2ccccc12)NC(=O)C(N)Cc1cnc[nH]1)C(=O)O. The summed E-state index contributed by atoms with van der Waals surface area (Å²) in [7, 11) is 0. The largest absolute Gasteiger partial charge is 0.480 e. The van der Waals surface area contributed by atoms with Crippen LogP contribution in [0.5, 0.6) is 0 Å². The number of carbonyl (C=O) groups excluding carboxylic acids is 3. The Morgan fingerprint density at radius 3 is 2.10 bits per heavy atom. The van der Waals surface area contributed by atoms with Crippen molar-refractivity contribution in [3.05, 3.63) is 72.5 Å². The first kappa shape index (κ1) is 28.0. The Morgan fingerprint density at radius 2 is 1.45 bits per heavy atom. The number of carboxylic acids is 1. The quantitative estimate of drug-likeness (QED) is 0.109. The molecule has 0 aliphatic carbocycles. The Kier molecular flexibility index (Phi) is 8.91. The van der Waals surface area contributed by atoms with Gasteiger partial charge in [-0.25, -0.2) is 9.97 Å². The first-order valence-electron chi connectivity index (χ1n) is 12.6. The van der Waals surface area contributed by atoms with Gasteiger partial charge in [0.05, 0.1) is 18.7 Å². The van der Waals surface area contributed by atoms with Gasteiger partial charge in [0, 0.05) is 60.1 Å². The van der Waals surface area contributed by atoms with Gasteiger partial charge in [0.1, 0.15) is 18.1 Å². The molecule has 0 saturated carbocycles. The molecule has 4 rings (SSSR count). The zero-order valence-electron chi connectivity index (χ0n) is 21.7. The van der Waals surface area contributed by atoms with Crippen LogP contribution in [0.2, 0.25) is 0 Å². The molecule has 210 valence electrons. The fourth-order valence-electron chi connectivity index (χ4n) is 4.21. The predicted molar refractivity (Wildman–Crippen MR) is 144 cm³/mol. The maximum atomic E-state index is 13.6. The molecule has 0 aliphatic rings. The van der Waals surface area contributed by atoms with Gasteiger partial charge in [-0.15, -0.1) is 0 Å². The van der Waals surface area contributed by atoms with E-state index in [2.05, 4.69) is 40.9 Å². The summed E-state index contributed by atoms with van der Waals surface area (Å²) in [5, 5.41) is 17.9. The normalized spacial score (nSPS) is 14.2. The molecule has 14 heteroatoms. The van der Waals surface area contributed by atoms with Crippen LogP contribution >= 0.6 is 0 Å². The van der Waals surface area contributed by atoms with Gasteiger partial charge in [0.25, 0.3) is 0 Å². The van der Waals surface area contributed by atoms with E-state index in [0.717, 1.165) is 16.5 Å². The van der Waals surface area contributed by atoms with E-state index in [-0.39, 0.29) is 19.3 Å². The van der Waals surface area contributed by atoms with E-state index in [0.29, 0.717) is 11.4 Å². The van der Waals surface area contributed by atoms with Gasteiger partial charge in [-0.1, -0.05) is 18.2 Å². The summed E-state index contributed by atoms with van der Waals surface area (Å²) in [5.41, 5.74) is 8.95. The molecule has 3 heterocycles. The second kappa shape index (κ2) is 12.7. The molecule has 9 N–H and O–H groups in total. The Hall–Kier alpha value is -4.98. The van der Waals surface area contributed by atoms with Crippen LogP contribution in [0.4, 0.5) is 0 Å². The molecule has 4 atom stereocenters. The van der Waals surface area contributed by atoms with Gasteiger partial charge in [0.15, 0.2) is 0 Å². The van der Waals surface area contributed by atoms with Crippen molar-refractivity contribution in [2.24, 2.45) is 5.73 Å². The van der Waals surface area contributed by atoms with Crippen molar-refractivity contribution < 1.29 is 24.3 Å². The molecule has 4 unspecified atom stereocenters. The fourth-order valence-corrected chi connectivity index (χ4v) is 4.21. The standard InChI is InChI=1S/C26H31N9O5/c1-14(26(39)40)33-24(37)22(8-17-11-29-13-32-17)35-25(38)21(6-15-9-30-20-5-3-2-4-18(15)20)34-23(36)19(27)7-16-10-28-12-31-16/h2-5,9-14,19,21-22,30H,6-8,27H2,1H3,(H,28,31)(H,29,32)(H,33,37)(H,34,36)(H,35,38)(H,39,40). The number of aromatic nitrogens is 5. The highest BCUT2D eigenvalue weighted by molar-refractivity contribution is 5.95. The van der Waals surface area contributed by atoms with Crippen molar-refractivity contribution in [3.8, 4) is 0 Å². The number of aromatic amines is 3. The summed E-state index contributed by atoms with van der Waals surface area (Å²) in [5.74, 6) is -3.14. The third-order valence-electron chi connectivity index (χ3n) is 6.40. The van der Waals surface area contributed by atoms with Gasteiger partial charge in [-0.3, -0.25) is 19.2 Å². The zero-order valence-corrected chi connectivity index (χ0v) is 21.7. The Morgan fingerprint density at radius 1 is 0.850 bits per heavy atom. The average molecular weight is 550 g/mol. The molecule has 0 aliphatic heterocycles. The summed E-state index contributed by atoms with van der Waals surface area (Å²) in [6.45, 7) is 1.32. The number of para-hydroxylation sites is 1. The maximum Gasteiger partial charge on any atom is 0.325 e. The van der Waals surface area contributed by atoms with Crippen molar-refractivity contribution in [2.45, 2.75) is 50.4 Å². The molecule has 40 heavy (non-hydrogen) atoms. The smallest absolute Gasteiger partial charge is 0.325 e. The first-order valence-corrected chi connectivity index (χ1v) is 12.6. The Balaban J connectivity index is 1.56. The van der Waals surface area contributed by atoms with E-state index >= 15 is 0 Å². The highest BCUT2D eigenvalue weighted by Gasteiger charge is 2.30. The van der Waals surface area contributed by atoms with Crippen molar-refractivity contribution >= 4 is 34.6 Å². The van der Waals surface area contributed by atoms with Crippen LogP contribution in [0.25, 0.3) is 10.9 Å². The van der Waals surface area contributed by atoms with Crippen LogP contribution in [-0.2, 0) is 38.4 Å². The average Bonchev–Trinajstić information content (AvgIpc) is 3.71. The number of nitrogens with zero attached hydrogens (tertiary/aromatic N) is 2. The van der Waals surface area contributed by atoms with Gasteiger partial charge in [-0.05, 0) is 18.6 Å². The number of imidazole rings is 2. The number of fused-ring (bicyclic) bond motifs is 1. The number of amides is 3. The predicted octanol–water partition coefficient (Wildman–Crippen LogP) is -0.472. The second-order valence-electron chi connectivity index (χ2n) is 9.42. The summed E-state index contributed by atoms with van der Waals surface area (Å²) in [6.07, 6.45) is 7.98. The van der Waals surface area contributed by atoms with Crippen LogP contribution < -0.4 is 21.7 Å². The monoisotopic (exact) mass is 549 g/mol. The van der Waals surface area contributed by atoms with E-state index in [9.17, 15) is 24.3 Å². The van der Waals surface area contributed by atoms with Crippen molar-refractivity contribution in [1.82, 2.24) is 40.9 Å². The number of H-pyrrole nitrogens is 3. The lowest BCUT2D eigenvalue weighted by Gasteiger charge is -2.24. The maximum absolute atomic E-state index is 13.6. The number of aliphatic carboxylic acids is 1. The minimum atomic E-state index is -1.23. The topological polar surface area (TPSA) is 224 Å². The van der Waals surface area contributed by atoms with Crippen LogP contribution in [-0.4, -0.2) is 77.9 Å². The molecular formula is C26H31N9O5. The lowest BCUT2D eigenvalue weighted by molar-refractivity contribution is -0.141. The van der Waals surface area contributed by atoms with E-state index in [1.54, 1.807) is 12.4 Å². The molecular weight excluding hydrogens is 518 g/mol. The van der Waals surface area contributed by atoms with Crippen LogP contribution in [0, 0.1) is 0 Å². The number of carbonyl (C=O) groups is 4. The van der Waals surface area contributed by atoms with Gasteiger partial charge in [0.2, 0.25) is 17.7 Å². The molecule has 0 bridgehead atoms. The highest BCUT2D eigenvalue weighted by atomic mass is 16.4. The lowest BCUT2D eigenvalue weighted by Crippen LogP contribution is -2.58. The van der Waals surface area contributed by atoms with E-state index in [4.69, 9.17) is 5.73 Å². The van der Waals surface area contributed by atoms with Crippen LogP contribution in [0.1, 0.15) is 23.9 Å². The summed E-state index contributed by atoms with van der Waals surface area (Å²) < 4.78 is 0. The summed E-state index contributed by atoms with van der Waals surface area (Å²) in [4.78, 5) is 67.7. The Bertz CT molecular complexity index is 1450. The number of carboxylic acid groups (broad SMARTS) is 1. The highest BCUT2D eigenvalue weighted by Crippen LogP contribution is 2.19. The molecule has 0 spiro atoms. The van der Waals surface area contributed by atoms with E-state index in [1.165, 1.54) is 25.8 Å². The molecule has 3 aromatic heterocycles. The third kappa shape index (κ3) is 7.11. The third-order valence-corrected chi connectivity index (χ3v) is 6.40. The first-order chi connectivity index (χ1) is 19.2. The summed E-state index contributed by atoms with van der Waals surface area (Å²) >= 11 is 0. The van der Waals surface area contributed by atoms with E-state index in [1.807, 2.05) is 24.3 Å². The van der Waals surface area contributed by atoms with Crippen LogP contribution in [0.15, 0.2) is 55.5 Å². The van der Waals surface area contributed by atoms with Crippen LogP contribution in [0.3, 0.4) is 0 Å². The molecule has 3 amide bonds. The molecule has 0 fully saturated rings. The summed E-state index contributed by atoms with van der Waals surface area (Å²) in [6, 6.07) is 3.10. The van der Waals surface area contributed by atoms with Crippen molar-refractivity contribution in [2.75, 3.05) is 0 Å². The van der Waals surface area contributed by atoms with Crippen molar-refractivity contribution in [3.63, 3.8) is 0 Å². The number of rotatable bonds is 13.